The Hall–Kier alpha value is -1.15. The van der Waals surface area contributed by atoms with E-state index in [1.807, 2.05) is 0 Å². The Morgan fingerprint density at radius 1 is 1.53 bits per heavy atom. The van der Waals surface area contributed by atoms with Crippen LogP contribution < -0.4 is 23.8 Å². The number of anilines is 1. The number of benzene rings is 1. The summed E-state index contributed by atoms with van der Waals surface area (Å²) in [4.78, 5) is 16.7. The molecule has 1 aromatic heterocycles. The first-order valence-corrected chi connectivity index (χ1v) is 4.87. The number of nitrogens with zero attached hydrogens (tertiary/aromatic N) is 2. The Labute approximate surface area is 116 Å². The van der Waals surface area contributed by atoms with Crippen LogP contribution in [0.2, 0.25) is 5.02 Å². The summed E-state index contributed by atoms with van der Waals surface area (Å²) in [6.45, 7) is 0. The first-order chi connectivity index (χ1) is 7.49. The SMILES string of the molecule is CN(C)c1nc2c(C(=O)O)cc(Cl)cc2o1.[H-].[Li+]. The fraction of sp³-hybridized carbons (Fsp3) is 0.200. The van der Waals surface area contributed by atoms with Gasteiger partial charge in [0.25, 0.3) is 6.01 Å². The molecule has 0 saturated heterocycles. The van der Waals surface area contributed by atoms with Gasteiger partial charge in [0, 0.05) is 25.2 Å². The number of fused-ring (bicyclic) bond motifs is 1. The smallest absolute Gasteiger partial charge is 1.00 e. The van der Waals surface area contributed by atoms with Gasteiger partial charge in [-0.25, -0.2) is 4.79 Å². The predicted molar refractivity (Wildman–Crippen MR) is 61.4 cm³/mol. The Morgan fingerprint density at radius 2 is 2.18 bits per heavy atom. The fourth-order valence-corrected chi connectivity index (χ4v) is 1.55. The molecule has 0 radical (unpaired) electrons. The minimum atomic E-state index is -1.08. The molecule has 17 heavy (non-hydrogen) atoms. The molecule has 2 aromatic rings. The number of oxazole rings is 1. The van der Waals surface area contributed by atoms with Crippen molar-refractivity contribution in [3.8, 4) is 0 Å². The molecule has 0 saturated carbocycles. The molecule has 0 aliphatic heterocycles. The van der Waals surface area contributed by atoms with E-state index >= 15 is 0 Å². The van der Waals surface area contributed by atoms with Gasteiger partial charge in [0.15, 0.2) is 5.58 Å². The van der Waals surface area contributed by atoms with Crippen molar-refractivity contribution >= 4 is 34.7 Å². The molecule has 0 unspecified atom stereocenters. The van der Waals surface area contributed by atoms with E-state index < -0.39 is 5.97 Å². The van der Waals surface area contributed by atoms with Crippen molar-refractivity contribution in [2.45, 2.75) is 0 Å². The van der Waals surface area contributed by atoms with Crippen LogP contribution in [0, 0.1) is 0 Å². The van der Waals surface area contributed by atoms with Gasteiger partial charge in [-0.2, -0.15) is 4.98 Å². The third-order valence-electron chi connectivity index (χ3n) is 2.06. The number of aromatic carboxylic acids is 1. The Kier molecular flexibility index (Phi) is 4.10. The third-order valence-corrected chi connectivity index (χ3v) is 2.28. The summed E-state index contributed by atoms with van der Waals surface area (Å²) >= 11 is 5.79. The van der Waals surface area contributed by atoms with Crippen molar-refractivity contribution in [1.82, 2.24) is 4.98 Å². The Balaban J connectivity index is 0.00000144. The van der Waals surface area contributed by atoms with Gasteiger partial charge >= 0.3 is 24.8 Å². The van der Waals surface area contributed by atoms with Crippen LogP contribution in [0.3, 0.4) is 0 Å². The molecular formula is C10H10ClLiN2O3. The van der Waals surface area contributed by atoms with Crippen LogP contribution in [0.1, 0.15) is 11.8 Å². The molecular weight excluding hydrogens is 239 g/mol. The zero-order chi connectivity index (χ0) is 11.9. The maximum absolute atomic E-state index is 11.0. The molecule has 0 atom stereocenters. The summed E-state index contributed by atoms with van der Waals surface area (Å²) in [5.41, 5.74) is 0.716. The minimum absolute atomic E-state index is 0. The Bertz CT molecular complexity index is 573. The number of carboxylic acid groups (broad SMARTS) is 1. The molecule has 2 rings (SSSR count). The molecule has 86 valence electrons. The standard InChI is InChI=1S/C10H9ClN2O3.Li.H/c1-13(2)10-12-8-6(9(14)15)3-5(11)4-7(8)16-10;;/h3-4H,1-2H3,(H,14,15);;/q;+1;-1. The van der Waals surface area contributed by atoms with Crippen molar-refractivity contribution < 1.29 is 34.6 Å². The molecule has 0 spiro atoms. The molecule has 0 aliphatic carbocycles. The molecule has 0 aliphatic rings. The van der Waals surface area contributed by atoms with Crippen LogP contribution in [0.15, 0.2) is 16.5 Å². The molecule has 0 fully saturated rings. The van der Waals surface area contributed by atoms with Crippen LogP contribution in [0.5, 0.6) is 0 Å². The van der Waals surface area contributed by atoms with Gasteiger partial charge in [-0.15, -0.1) is 0 Å². The van der Waals surface area contributed by atoms with Crippen LogP contribution in [0.4, 0.5) is 6.01 Å². The second kappa shape index (κ2) is 5.01. The Morgan fingerprint density at radius 3 is 2.71 bits per heavy atom. The molecule has 0 bridgehead atoms. The molecule has 0 amide bonds. The van der Waals surface area contributed by atoms with Gasteiger partial charge in [0.05, 0.1) is 5.56 Å². The van der Waals surface area contributed by atoms with Gasteiger partial charge in [-0.1, -0.05) is 11.6 Å². The summed E-state index contributed by atoms with van der Waals surface area (Å²) < 4.78 is 5.37. The number of aromatic nitrogens is 1. The van der Waals surface area contributed by atoms with E-state index in [4.69, 9.17) is 21.1 Å². The number of halogens is 1. The van der Waals surface area contributed by atoms with Crippen LogP contribution in [0.25, 0.3) is 11.1 Å². The topological polar surface area (TPSA) is 66.6 Å². The van der Waals surface area contributed by atoms with Crippen LogP contribution >= 0.6 is 11.6 Å². The van der Waals surface area contributed by atoms with E-state index in [1.54, 1.807) is 25.1 Å². The van der Waals surface area contributed by atoms with Gasteiger partial charge in [0.2, 0.25) is 0 Å². The minimum Gasteiger partial charge on any atom is -1.00 e. The monoisotopic (exact) mass is 248 g/mol. The quantitative estimate of drug-likeness (QED) is 0.717. The molecule has 1 N–H and O–H groups in total. The summed E-state index contributed by atoms with van der Waals surface area (Å²) in [5, 5.41) is 9.31. The first-order valence-electron chi connectivity index (χ1n) is 4.49. The largest absolute Gasteiger partial charge is 1.00 e. The van der Waals surface area contributed by atoms with Crippen molar-refractivity contribution in [3.05, 3.63) is 22.7 Å². The zero-order valence-electron chi connectivity index (χ0n) is 10.7. The number of carboxylic acids is 1. The first kappa shape index (κ1) is 13.9. The number of hydrogen-bond donors (Lipinski definition) is 1. The van der Waals surface area contributed by atoms with E-state index in [-0.39, 0.29) is 25.9 Å². The normalized spacial score (nSPS) is 10.1. The van der Waals surface area contributed by atoms with Crippen LogP contribution in [-0.2, 0) is 0 Å². The maximum Gasteiger partial charge on any atom is 1.00 e. The van der Waals surface area contributed by atoms with E-state index in [2.05, 4.69) is 4.98 Å². The fourth-order valence-electron chi connectivity index (χ4n) is 1.34. The summed E-state index contributed by atoms with van der Waals surface area (Å²) in [6.07, 6.45) is 0. The van der Waals surface area contributed by atoms with Crippen molar-refractivity contribution in [2.75, 3.05) is 19.0 Å². The average Bonchev–Trinajstić information content (AvgIpc) is 2.59. The van der Waals surface area contributed by atoms with Crippen LogP contribution in [-0.4, -0.2) is 30.2 Å². The van der Waals surface area contributed by atoms with Crippen molar-refractivity contribution in [1.29, 1.82) is 0 Å². The second-order valence-electron chi connectivity index (χ2n) is 3.50. The summed E-state index contributed by atoms with van der Waals surface area (Å²) in [6, 6.07) is 3.25. The maximum atomic E-state index is 11.0. The zero-order valence-corrected chi connectivity index (χ0v) is 10.4. The van der Waals surface area contributed by atoms with Gasteiger partial charge < -0.3 is 15.9 Å². The number of hydrogen-bond acceptors (Lipinski definition) is 4. The molecule has 5 nitrogen and oxygen atoms in total. The van der Waals surface area contributed by atoms with Gasteiger partial charge in [0.1, 0.15) is 5.52 Å². The van der Waals surface area contributed by atoms with Gasteiger partial charge in [-0.05, 0) is 6.07 Å². The average molecular weight is 249 g/mol. The van der Waals surface area contributed by atoms with Gasteiger partial charge in [-0.3, -0.25) is 0 Å². The summed E-state index contributed by atoms with van der Waals surface area (Å²) in [5.74, 6) is -1.08. The molecule has 1 heterocycles. The summed E-state index contributed by atoms with van der Waals surface area (Å²) in [7, 11) is 3.51. The van der Waals surface area contributed by atoms with Crippen molar-refractivity contribution in [3.63, 3.8) is 0 Å². The number of carbonyl (C=O) groups is 1. The van der Waals surface area contributed by atoms with Crippen molar-refractivity contribution in [2.24, 2.45) is 0 Å². The van der Waals surface area contributed by atoms with E-state index in [0.717, 1.165) is 0 Å². The third kappa shape index (κ3) is 2.58. The number of rotatable bonds is 2. The van der Waals surface area contributed by atoms with E-state index in [0.29, 0.717) is 22.1 Å². The molecule has 1 aromatic carbocycles. The van der Waals surface area contributed by atoms with E-state index in [9.17, 15) is 4.79 Å². The van der Waals surface area contributed by atoms with E-state index in [1.165, 1.54) is 6.07 Å². The predicted octanol–water partition coefficient (Wildman–Crippen LogP) is -0.638. The second-order valence-corrected chi connectivity index (χ2v) is 3.93. The molecule has 7 heteroatoms.